The van der Waals surface area contributed by atoms with E-state index in [2.05, 4.69) is 0 Å². The molecule has 4 atom stereocenters. The number of Topliss-reactive ketones (excluding diaryl/α,β-unsaturated/α-hetero) is 1. The van der Waals surface area contributed by atoms with Crippen LogP contribution in [0.15, 0.2) is 30.3 Å². The fraction of sp³-hybridized carbons (Fsp3) is 0.562. The summed E-state index contributed by atoms with van der Waals surface area (Å²) < 4.78 is 0. The Morgan fingerprint density at radius 2 is 1.75 bits per heavy atom. The van der Waals surface area contributed by atoms with Crippen molar-refractivity contribution in [2.45, 2.75) is 44.1 Å². The summed E-state index contributed by atoms with van der Waals surface area (Å²) in [5.74, 6) is -0.149. The van der Waals surface area contributed by atoms with E-state index in [0.29, 0.717) is 6.42 Å². The summed E-state index contributed by atoms with van der Waals surface area (Å²) in [4.78, 5) is 23.8. The number of rotatable bonds is 2. The quantitative estimate of drug-likeness (QED) is 0.614. The van der Waals surface area contributed by atoms with Gasteiger partial charge in [-0.15, -0.1) is 0 Å². The molecule has 0 bridgehead atoms. The number of hydrogen-bond acceptors (Lipinski definition) is 3. The molecule has 0 radical (unpaired) electrons. The van der Waals surface area contributed by atoms with E-state index in [1.54, 1.807) is 0 Å². The van der Waals surface area contributed by atoms with E-state index in [1.165, 1.54) is 0 Å². The van der Waals surface area contributed by atoms with Crippen molar-refractivity contribution in [2.24, 2.45) is 11.8 Å². The second-order valence-electron chi connectivity index (χ2n) is 6.02. The van der Waals surface area contributed by atoms with Crippen molar-refractivity contribution >= 4 is 5.78 Å². The van der Waals surface area contributed by atoms with Gasteiger partial charge in [0, 0.05) is 23.2 Å². The van der Waals surface area contributed by atoms with Crippen molar-refractivity contribution in [1.82, 2.24) is 0 Å². The van der Waals surface area contributed by atoms with Gasteiger partial charge >= 0.3 is 0 Å². The second-order valence-corrected chi connectivity index (χ2v) is 6.02. The molecular weight excluding hydrogens is 254 g/mol. The number of benzene rings is 1. The summed E-state index contributed by atoms with van der Waals surface area (Å²) in [6, 6.07) is 8.92. The maximum atomic E-state index is 12.4. The van der Waals surface area contributed by atoms with Gasteiger partial charge < -0.3 is 0 Å². The maximum Gasteiger partial charge on any atom is 0.223 e. The van der Waals surface area contributed by atoms with E-state index in [0.717, 1.165) is 31.2 Å². The van der Waals surface area contributed by atoms with Crippen LogP contribution >= 0.6 is 0 Å². The monoisotopic (exact) mass is 273 g/mol. The molecule has 2 aliphatic rings. The summed E-state index contributed by atoms with van der Waals surface area (Å²) in [5.41, 5.74) is 0.937. The highest BCUT2D eigenvalue weighted by atomic mass is 16.6. The zero-order valence-corrected chi connectivity index (χ0v) is 11.4. The molecule has 4 heteroatoms. The fourth-order valence-corrected chi connectivity index (χ4v) is 4.07. The van der Waals surface area contributed by atoms with Crippen LogP contribution in [0.25, 0.3) is 0 Å². The lowest BCUT2D eigenvalue weighted by molar-refractivity contribution is -0.540. The third-order valence-corrected chi connectivity index (χ3v) is 4.98. The van der Waals surface area contributed by atoms with E-state index < -0.39 is 6.04 Å². The molecule has 0 spiro atoms. The number of hydrogen-bond donors (Lipinski definition) is 0. The number of carbonyl (C=O) groups is 1. The van der Waals surface area contributed by atoms with Gasteiger partial charge in [-0.1, -0.05) is 43.2 Å². The van der Waals surface area contributed by atoms with Gasteiger partial charge in [-0.05, 0) is 18.4 Å². The van der Waals surface area contributed by atoms with E-state index in [9.17, 15) is 14.9 Å². The SMILES string of the molecule is O=C1C[C@@H](c2ccccc2)[C@H]([N+](=O)[O-])[C@H]2CCCC[C@H]12. The number of carbonyl (C=O) groups excluding carboxylic acids is 1. The minimum Gasteiger partial charge on any atom is -0.299 e. The summed E-state index contributed by atoms with van der Waals surface area (Å²) in [7, 11) is 0. The summed E-state index contributed by atoms with van der Waals surface area (Å²) in [6.45, 7) is 0. The Morgan fingerprint density at radius 1 is 1.05 bits per heavy atom. The van der Waals surface area contributed by atoms with Gasteiger partial charge in [0.05, 0.1) is 5.92 Å². The molecule has 0 amide bonds. The van der Waals surface area contributed by atoms with E-state index in [1.807, 2.05) is 30.3 Å². The Labute approximate surface area is 118 Å². The molecule has 3 rings (SSSR count). The molecule has 4 nitrogen and oxygen atoms in total. The van der Waals surface area contributed by atoms with Crippen LogP contribution in [0.1, 0.15) is 43.6 Å². The molecule has 0 heterocycles. The fourth-order valence-electron chi connectivity index (χ4n) is 4.07. The van der Waals surface area contributed by atoms with Crippen LogP contribution in [0.3, 0.4) is 0 Å². The zero-order valence-electron chi connectivity index (χ0n) is 11.4. The van der Waals surface area contributed by atoms with Crippen molar-refractivity contribution in [3.63, 3.8) is 0 Å². The second kappa shape index (κ2) is 5.35. The molecule has 0 saturated heterocycles. The third kappa shape index (κ3) is 2.23. The average Bonchev–Trinajstić information content (AvgIpc) is 2.47. The summed E-state index contributed by atoms with van der Waals surface area (Å²) >= 11 is 0. The Hall–Kier alpha value is -1.71. The van der Waals surface area contributed by atoms with Gasteiger partial charge in [0.2, 0.25) is 6.04 Å². The van der Waals surface area contributed by atoms with Gasteiger partial charge in [0.15, 0.2) is 0 Å². The minimum atomic E-state index is -0.597. The highest BCUT2D eigenvalue weighted by Crippen LogP contribution is 2.45. The van der Waals surface area contributed by atoms with Crippen LogP contribution in [0.5, 0.6) is 0 Å². The average molecular weight is 273 g/mol. The van der Waals surface area contributed by atoms with Gasteiger partial charge in [-0.25, -0.2) is 0 Å². The number of nitrogens with zero attached hydrogens (tertiary/aromatic N) is 1. The number of fused-ring (bicyclic) bond motifs is 1. The number of nitro groups is 1. The Morgan fingerprint density at radius 3 is 2.45 bits per heavy atom. The first kappa shape index (κ1) is 13.3. The van der Waals surface area contributed by atoms with Crippen molar-refractivity contribution in [2.75, 3.05) is 0 Å². The predicted molar refractivity (Wildman–Crippen MR) is 75.0 cm³/mol. The van der Waals surface area contributed by atoms with Crippen LogP contribution < -0.4 is 0 Å². The van der Waals surface area contributed by atoms with E-state index in [4.69, 9.17) is 0 Å². The van der Waals surface area contributed by atoms with E-state index >= 15 is 0 Å². The lowest BCUT2D eigenvalue weighted by Gasteiger charge is -2.39. The predicted octanol–water partition coefficient (Wildman–Crippen LogP) is 3.19. The highest BCUT2D eigenvalue weighted by Gasteiger charge is 2.51. The van der Waals surface area contributed by atoms with Crippen molar-refractivity contribution < 1.29 is 9.72 Å². The van der Waals surface area contributed by atoms with Crippen molar-refractivity contribution in [3.05, 3.63) is 46.0 Å². The van der Waals surface area contributed by atoms with Crippen molar-refractivity contribution in [3.8, 4) is 0 Å². The van der Waals surface area contributed by atoms with Gasteiger partial charge in [0.25, 0.3) is 0 Å². The zero-order chi connectivity index (χ0) is 14.1. The molecule has 1 aromatic rings. The third-order valence-electron chi connectivity index (χ3n) is 4.98. The maximum absolute atomic E-state index is 12.4. The Kier molecular flexibility index (Phi) is 3.55. The van der Waals surface area contributed by atoms with Crippen LogP contribution in [0, 0.1) is 22.0 Å². The largest absolute Gasteiger partial charge is 0.299 e. The smallest absolute Gasteiger partial charge is 0.223 e. The van der Waals surface area contributed by atoms with Crippen molar-refractivity contribution in [1.29, 1.82) is 0 Å². The molecule has 0 aliphatic heterocycles. The molecular formula is C16H19NO3. The topological polar surface area (TPSA) is 60.2 Å². The van der Waals surface area contributed by atoms with Gasteiger partial charge in [-0.2, -0.15) is 0 Å². The molecule has 2 fully saturated rings. The first-order valence-corrected chi connectivity index (χ1v) is 7.39. The molecule has 106 valence electrons. The van der Waals surface area contributed by atoms with Gasteiger partial charge in [-0.3, -0.25) is 14.9 Å². The van der Waals surface area contributed by atoms with Crippen LogP contribution in [-0.4, -0.2) is 16.7 Å². The Bertz CT molecular complexity index is 514. The lowest BCUT2D eigenvalue weighted by Crippen LogP contribution is -2.48. The first-order valence-electron chi connectivity index (χ1n) is 7.39. The normalized spacial score (nSPS) is 33.5. The molecule has 0 aromatic heterocycles. The van der Waals surface area contributed by atoms with Gasteiger partial charge in [0.1, 0.15) is 5.78 Å². The molecule has 0 N–H and O–H groups in total. The van der Waals surface area contributed by atoms with E-state index in [-0.39, 0.29) is 28.5 Å². The lowest BCUT2D eigenvalue weighted by atomic mass is 9.63. The standard InChI is InChI=1S/C16H19NO3/c18-15-10-14(11-6-2-1-3-7-11)16(17(19)20)13-9-5-4-8-12(13)15/h1-3,6-7,12-14,16H,4-5,8-10H2/t12-,13-,14-,16+/m0/s1. The van der Waals surface area contributed by atoms with Crippen LogP contribution in [-0.2, 0) is 4.79 Å². The highest BCUT2D eigenvalue weighted by molar-refractivity contribution is 5.83. The minimum absolute atomic E-state index is 0.0646. The summed E-state index contributed by atoms with van der Waals surface area (Å²) in [5, 5.41) is 11.6. The number of ketones is 1. The summed E-state index contributed by atoms with van der Waals surface area (Å²) in [6.07, 6.45) is 4.05. The molecule has 2 saturated carbocycles. The molecule has 2 aliphatic carbocycles. The molecule has 1 aromatic carbocycles. The first-order chi connectivity index (χ1) is 9.68. The molecule has 20 heavy (non-hydrogen) atoms. The van der Waals surface area contributed by atoms with Crippen LogP contribution in [0.2, 0.25) is 0 Å². The van der Waals surface area contributed by atoms with Crippen LogP contribution in [0.4, 0.5) is 0 Å². The Balaban J connectivity index is 1.97. The molecule has 0 unspecified atom stereocenters.